The van der Waals surface area contributed by atoms with Gasteiger partial charge in [-0.25, -0.2) is 0 Å². The second kappa shape index (κ2) is 7.17. The lowest BCUT2D eigenvalue weighted by atomic mass is 10.0. The van der Waals surface area contributed by atoms with E-state index < -0.39 is 0 Å². The minimum atomic E-state index is 0.276. The Labute approximate surface area is 129 Å². The van der Waals surface area contributed by atoms with Crippen molar-refractivity contribution in [3.8, 4) is 11.5 Å². The summed E-state index contributed by atoms with van der Waals surface area (Å²) >= 11 is 0. The largest absolute Gasteiger partial charge is 0.496 e. The first-order valence-electron chi connectivity index (χ1n) is 8.09. The van der Waals surface area contributed by atoms with E-state index in [1.165, 1.54) is 24.0 Å². The van der Waals surface area contributed by atoms with E-state index >= 15 is 0 Å². The van der Waals surface area contributed by atoms with Crippen molar-refractivity contribution >= 4 is 0 Å². The molecule has 3 heteroatoms. The minimum absolute atomic E-state index is 0.276. The molecule has 1 aliphatic rings. The first kappa shape index (κ1) is 16.2. The van der Waals surface area contributed by atoms with Crippen LogP contribution in [0.25, 0.3) is 0 Å². The number of rotatable bonds is 7. The van der Waals surface area contributed by atoms with Gasteiger partial charge in [-0.2, -0.15) is 0 Å². The van der Waals surface area contributed by atoms with Gasteiger partial charge in [-0.1, -0.05) is 13.8 Å². The molecule has 0 aliphatic carbocycles. The van der Waals surface area contributed by atoms with E-state index in [4.69, 9.17) is 9.47 Å². The second-order valence-electron chi connectivity index (χ2n) is 6.66. The molecule has 2 atom stereocenters. The molecule has 0 fully saturated rings. The summed E-state index contributed by atoms with van der Waals surface area (Å²) in [5.74, 6) is 2.75. The number of methoxy groups -OCH3 is 1. The topological polar surface area (TPSA) is 30.5 Å². The Morgan fingerprint density at radius 2 is 2.05 bits per heavy atom. The van der Waals surface area contributed by atoms with E-state index in [9.17, 15) is 0 Å². The van der Waals surface area contributed by atoms with Crippen LogP contribution in [0.2, 0.25) is 0 Å². The summed E-state index contributed by atoms with van der Waals surface area (Å²) in [6, 6.07) is 4.79. The van der Waals surface area contributed by atoms with E-state index in [1.807, 2.05) is 0 Å². The number of hydrogen-bond acceptors (Lipinski definition) is 3. The quantitative estimate of drug-likeness (QED) is 0.825. The number of nitrogens with one attached hydrogen (secondary N) is 1. The van der Waals surface area contributed by atoms with Gasteiger partial charge in [0.15, 0.2) is 0 Å². The smallest absolute Gasteiger partial charge is 0.123 e. The highest BCUT2D eigenvalue weighted by molar-refractivity contribution is 5.48. The van der Waals surface area contributed by atoms with Crippen molar-refractivity contribution in [3.63, 3.8) is 0 Å². The third-order valence-electron chi connectivity index (χ3n) is 4.12. The average molecular weight is 291 g/mol. The molecule has 3 nitrogen and oxygen atoms in total. The molecule has 1 N–H and O–H groups in total. The lowest BCUT2D eigenvalue weighted by Gasteiger charge is -2.17. The van der Waals surface area contributed by atoms with Crippen molar-refractivity contribution in [1.82, 2.24) is 5.32 Å². The predicted octanol–water partition coefficient (Wildman–Crippen LogP) is 3.93. The predicted molar refractivity (Wildman–Crippen MR) is 87.2 cm³/mol. The summed E-state index contributed by atoms with van der Waals surface area (Å²) in [5.41, 5.74) is 2.44. The summed E-state index contributed by atoms with van der Waals surface area (Å²) in [5, 5.41) is 3.60. The van der Waals surface area contributed by atoms with Gasteiger partial charge in [0.2, 0.25) is 0 Å². The number of benzene rings is 1. The molecule has 0 aromatic heterocycles. The maximum absolute atomic E-state index is 5.85. The summed E-state index contributed by atoms with van der Waals surface area (Å²) in [7, 11) is 1.74. The number of ether oxygens (including phenoxy) is 2. The van der Waals surface area contributed by atoms with Crippen LogP contribution in [0.15, 0.2) is 12.1 Å². The van der Waals surface area contributed by atoms with E-state index in [2.05, 4.69) is 45.1 Å². The molecule has 2 unspecified atom stereocenters. The molecule has 0 bridgehead atoms. The zero-order valence-corrected chi connectivity index (χ0v) is 14.0. The maximum Gasteiger partial charge on any atom is 0.123 e. The zero-order valence-electron chi connectivity index (χ0n) is 14.0. The van der Waals surface area contributed by atoms with Gasteiger partial charge in [-0.15, -0.1) is 0 Å². The Morgan fingerprint density at radius 3 is 2.71 bits per heavy atom. The Bertz CT molecular complexity index is 471. The molecule has 1 aliphatic heterocycles. The van der Waals surface area contributed by atoms with Gasteiger partial charge in [0.25, 0.3) is 0 Å². The van der Waals surface area contributed by atoms with Gasteiger partial charge in [-0.05, 0) is 44.7 Å². The third kappa shape index (κ3) is 4.37. The Morgan fingerprint density at radius 1 is 1.29 bits per heavy atom. The highest BCUT2D eigenvalue weighted by atomic mass is 16.5. The molecule has 1 heterocycles. The van der Waals surface area contributed by atoms with Crippen LogP contribution in [0.3, 0.4) is 0 Å². The number of hydrogen-bond donors (Lipinski definition) is 1. The van der Waals surface area contributed by atoms with E-state index in [1.54, 1.807) is 7.11 Å². The Balaban J connectivity index is 1.98. The first-order chi connectivity index (χ1) is 9.99. The molecular weight excluding hydrogens is 262 g/mol. The zero-order chi connectivity index (χ0) is 15.4. The lowest BCUT2D eigenvalue weighted by molar-refractivity contribution is 0.254. The van der Waals surface area contributed by atoms with Crippen LogP contribution in [-0.2, 0) is 13.0 Å². The molecule has 1 aromatic carbocycles. The summed E-state index contributed by atoms with van der Waals surface area (Å²) < 4.78 is 11.4. The monoisotopic (exact) mass is 291 g/mol. The van der Waals surface area contributed by atoms with Crippen molar-refractivity contribution in [3.05, 3.63) is 23.3 Å². The van der Waals surface area contributed by atoms with Gasteiger partial charge in [0.1, 0.15) is 17.6 Å². The molecule has 1 aromatic rings. The molecule has 0 amide bonds. The Kier molecular flexibility index (Phi) is 5.51. The average Bonchev–Trinajstić information content (AvgIpc) is 2.80. The highest BCUT2D eigenvalue weighted by Gasteiger charge is 2.21. The number of fused-ring (bicyclic) bond motifs is 1. The maximum atomic E-state index is 5.85. The fourth-order valence-electron chi connectivity index (χ4n) is 2.78. The fourth-order valence-corrected chi connectivity index (χ4v) is 2.78. The van der Waals surface area contributed by atoms with E-state index in [-0.39, 0.29) is 6.10 Å². The van der Waals surface area contributed by atoms with Crippen molar-refractivity contribution in [1.29, 1.82) is 0 Å². The van der Waals surface area contributed by atoms with Crippen molar-refractivity contribution in [2.45, 2.75) is 65.6 Å². The van der Waals surface area contributed by atoms with E-state index in [0.717, 1.165) is 30.4 Å². The first-order valence-corrected chi connectivity index (χ1v) is 8.09. The normalized spacial score (nSPS) is 18.5. The molecule has 118 valence electrons. The van der Waals surface area contributed by atoms with Crippen LogP contribution in [0.4, 0.5) is 0 Å². The van der Waals surface area contributed by atoms with Crippen LogP contribution < -0.4 is 14.8 Å². The van der Waals surface area contributed by atoms with Crippen molar-refractivity contribution < 1.29 is 9.47 Å². The summed E-state index contributed by atoms with van der Waals surface area (Å²) in [4.78, 5) is 0. The molecule has 0 spiro atoms. The van der Waals surface area contributed by atoms with Gasteiger partial charge < -0.3 is 14.8 Å². The van der Waals surface area contributed by atoms with Crippen LogP contribution in [0, 0.1) is 5.92 Å². The minimum Gasteiger partial charge on any atom is -0.496 e. The SMILES string of the molecule is COc1cc2c(cc1CNC(C)CCC(C)C)OC(C)C2. The van der Waals surface area contributed by atoms with Crippen LogP contribution in [-0.4, -0.2) is 19.3 Å². The summed E-state index contributed by atoms with van der Waals surface area (Å²) in [6.45, 7) is 9.73. The standard InChI is InChI=1S/C18H29NO2/c1-12(2)6-7-13(3)19-11-16-10-18-15(8-14(4)21-18)9-17(16)20-5/h9-10,12-14,19H,6-8,11H2,1-5H3. The molecule has 2 rings (SSSR count). The van der Waals surface area contributed by atoms with E-state index in [0.29, 0.717) is 6.04 Å². The molecule has 0 saturated heterocycles. The van der Waals surface area contributed by atoms with Gasteiger partial charge >= 0.3 is 0 Å². The highest BCUT2D eigenvalue weighted by Crippen LogP contribution is 2.34. The van der Waals surface area contributed by atoms with Crippen LogP contribution >= 0.6 is 0 Å². The second-order valence-corrected chi connectivity index (χ2v) is 6.66. The molecular formula is C18H29NO2. The van der Waals surface area contributed by atoms with Crippen LogP contribution in [0.1, 0.15) is 51.7 Å². The van der Waals surface area contributed by atoms with Gasteiger partial charge in [-0.3, -0.25) is 0 Å². The molecule has 0 saturated carbocycles. The Hall–Kier alpha value is -1.22. The molecule has 0 radical (unpaired) electrons. The van der Waals surface area contributed by atoms with Gasteiger partial charge in [0, 0.05) is 30.1 Å². The van der Waals surface area contributed by atoms with Crippen molar-refractivity contribution in [2.24, 2.45) is 5.92 Å². The van der Waals surface area contributed by atoms with Crippen molar-refractivity contribution in [2.75, 3.05) is 7.11 Å². The van der Waals surface area contributed by atoms with Crippen LogP contribution in [0.5, 0.6) is 11.5 Å². The lowest BCUT2D eigenvalue weighted by Crippen LogP contribution is -2.26. The molecule has 21 heavy (non-hydrogen) atoms. The third-order valence-corrected chi connectivity index (χ3v) is 4.12. The van der Waals surface area contributed by atoms with Gasteiger partial charge in [0.05, 0.1) is 7.11 Å². The fraction of sp³-hybridized carbons (Fsp3) is 0.667. The summed E-state index contributed by atoms with van der Waals surface area (Å²) in [6.07, 6.45) is 3.72.